The summed E-state index contributed by atoms with van der Waals surface area (Å²) in [7, 11) is 2.01. The van der Waals surface area contributed by atoms with E-state index in [1.807, 2.05) is 18.3 Å². The molecule has 0 saturated heterocycles. The molecule has 0 saturated carbocycles. The van der Waals surface area contributed by atoms with Crippen molar-refractivity contribution in [3.05, 3.63) is 44.9 Å². The average Bonchev–Trinajstić information content (AvgIpc) is 2.96. The minimum atomic E-state index is 0.512. The third-order valence-corrected chi connectivity index (χ3v) is 4.45. The topological polar surface area (TPSA) is 45.6 Å². The van der Waals surface area contributed by atoms with E-state index in [0.717, 1.165) is 35.5 Å². The number of thiazole rings is 1. The molecule has 0 fully saturated rings. The Kier molecular flexibility index (Phi) is 5.44. The summed E-state index contributed by atoms with van der Waals surface area (Å²) in [6, 6.07) is 4.27. The maximum absolute atomic E-state index is 10.7. The molecule has 22 heavy (non-hydrogen) atoms. The maximum atomic E-state index is 10.7. The molecule has 1 aromatic carbocycles. The van der Waals surface area contributed by atoms with Gasteiger partial charge >= 0.3 is 0 Å². The third kappa shape index (κ3) is 4.01. The van der Waals surface area contributed by atoms with E-state index in [9.17, 15) is 4.79 Å². The van der Waals surface area contributed by atoms with E-state index >= 15 is 0 Å². The van der Waals surface area contributed by atoms with Crippen LogP contribution in [0, 0.1) is 13.8 Å². The van der Waals surface area contributed by atoms with Gasteiger partial charge < -0.3 is 4.90 Å². The second-order valence-corrected chi connectivity index (χ2v) is 6.29. The van der Waals surface area contributed by atoms with Gasteiger partial charge in [0.2, 0.25) is 0 Å². The lowest BCUT2D eigenvalue weighted by molar-refractivity contribution is 0.111. The summed E-state index contributed by atoms with van der Waals surface area (Å²) in [5.41, 5.74) is 5.08. The second kappa shape index (κ2) is 7.31. The summed E-state index contributed by atoms with van der Waals surface area (Å²) >= 11 is 1.53. The number of hydrogen-bond acceptors (Lipinski definition) is 4. The molecule has 0 aliphatic heterocycles. The number of nitrogens with zero attached hydrogens (tertiary/aromatic N) is 3. The summed E-state index contributed by atoms with van der Waals surface area (Å²) in [6.45, 7) is 7.18. The highest BCUT2D eigenvalue weighted by atomic mass is 32.1. The van der Waals surface area contributed by atoms with Crippen LogP contribution in [0.1, 0.15) is 39.1 Å². The number of aromatic nitrogens is 1. The molecule has 0 radical (unpaired) electrons. The molecule has 4 nitrogen and oxygen atoms in total. The zero-order valence-corrected chi connectivity index (χ0v) is 14.3. The molecule has 1 aromatic heterocycles. The Morgan fingerprint density at radius 1 is 1.32 bits per heavy atom. The molecule has 0 aliphatic carbocycles. The van der Waals surface area contributed by atoms with E-state index in [2.05, 4.69) is 42.9 Å². The van der Waals surface area contributed by atoms with Crippen molar-refractivity contribution in [1.82, 2.24) is 9.88 Å². The number of hydrogen-bond donors (Lipinski definition) is 0. The maximum Gasteiger partial charge on any atom is 0.169 e. The Labute approximate surface area is 135 Å². The number of aliphatic imine (C=N–C) groups is 1. The second-order valence-electron chi connectivity index (χ2n) is 5.34. The molecule has 0 bridgehead atoms. The first-order valence-electron chi connectivity index (χ1n) is 7.27. The molecule has 1 heterocycles. The molecule has 116 valence electrons. The first kappa shape index (κ1) is 16.4. The van der Waals surface area contributed by atoms with Crippen LogP contribution in [0.3, 0.4) is 0 Å². The molecule has 2 rings (SSSR count). The zero-order chi connectivity index (χ0) is 16.1. The number of aryl methyl sites for hydroxylation is 2. The van der Waals surface area contributed by atoms with Crippen molar-refractivity contribution in [2.75, 3.05) is 13.6 Å². The first-order valence-corrected chi connectivity index (χ1v) is 8.15. The summed E-state index contributed by atoms with van der Waals surface area (Å²) in [4.78, 5) is 21.6. The monoisotopic (exact) mass is 315 g/mol. The van der Waals surface area contributed by atoms with Crippen molar-refractivity contribution in [1.29, 1.82) is 0 Å². The predicted octanol–water partition coefficient (Wildman–Crippen LogP) is 3.77. The number of carbonyl (C=O) groups excluding carboxylic acids is 1. The van der Waals surface area contributed by atoms with E-state index in [4.69, 9.17) is 0 Å². The smallest absolute Gasteiger partial charge is 0.169 e. The Hall–Kier alpha value is -2.01. The quantitative estimate of drug-likeness (QED) is 0.463. The zero-order valence-electron chi connectivity index (χ0n) is 13.5. The lowest BCUT2D eigenvalue weighted by Gasteiger charge is -2.11. The van der Waals surface area contributed by atoms with E-state index in [0.29, 0.717) is 5.69 Å². The van der Waals surface area contributed by atoms with Crippen molar-refractivity contribution in [3.8, 4) is 0 Å². The van der Waals surface area contributed by atoms with Gasteiger partial charge in [-0.1, -0.05) is 6.07 Å². The molecular formula is C17H21N3OS. The third-order valence-electron chi connectivity index (χ3n) is 3.58. The fourth-order valence-corrected chi connectivity index (χ4v) is 2.82. The highest BCUT2D eigenvalue weighted by Crippen LogP contribution is 2.25. The van der Waals surface area contributed by atoms with Crippen molar-refractivity contribution in [2.24, 2.45) is 4.99 Å². The van der Waals surface area contributed by atoms with Gasteiger partial charge in [-0.25, -0.2) is 9.98 Å². The minimum Gasteiger partial charge on any atom is -0.366 e. The fourth-order valence-electron chi connectivity index (χ4n) is 2.06. The van der Waals surface area contributed by atoms with Gasteiger partial charge in [0.05, 0.1) is 17.0 Å². The van der Waals surface area contributed by atoms with Gasteiger partial charge in [0.25, 0.3) is 0 Å². The van der Waals surface area contributed by atoms with Gasteiger partial charge in [0.15, 0.2) is 6.29 Å². The van der Waals surface area contributed by atoms with Crippen molar-refractivity contribution in [3.63, 3.8) is 0 Å². The van der Waals surface area contributed by atoms with Crippen LogP contribution < -0.4 is 0 Å². The predicted molar refractivity (Wildman–Crippen MR) is 92.7 cm³/mol. The van der Waals surface area contributed by atoms with Crippen LogP contribution in [0.4, 0.5) is 5.69 Å². The number of benzene rings is 1. The van der Waals surface area contributed by atoms with E-state index < -0.39 is 0 Å². The summed E-state index contributed by atoms with van der Waals surface area (Å²) < 4.78 is 0. The molecule has 0 spiro atoms. The fraction of sp³-hybridized carbons (Fsp3) is 0.353. The minimum absolute atomic E-state index is 0.512. The van der Waals surface area contributed by atoms with Crippen LogP contribution in [0.2, 0.25) is 0 Å². The van der Waals surface area contributed by atoms with Crippen LogP contribution in [-0.4, -0.2) is 36.1 Å². The highest BCUT2D eigenvalue weighted by molar-refractivity contribution is 7.09. The standard InChI is InChI=1S/C17H21N3OS/c1-5-20(4)11-18-16-7-12(2)14(6-13(16)3)8-17-19-15(9-21)10-22-17/h6-7,9-11H,5,8H2,1-4H3. The van der Waals surface area contributed by atoms with Gasteiger partial charge in [-0.15, -0.1) is 11.3 Å². The van der Waals surface area contributed by atoms with Crippen LogP contribution in [0.15, 0.2) is 22.5 Å². The van der Waals surface area contributed by atoms with Gasteiger partial charge in [0.1, 0.15) is 5.69 Å². The van der Waals surface area contributed by atoms with Gasteiger partial charge in [-0.2, -0.15) is 0 Å². The Balaban J connectivity index is 2.22. The van der Waals surface area contributed by atoms with Gasteiger partial charge in [-0.05, 0) is 43.5 Å². The van der Waals surface area contributed by atoms with Crippen molar-refractivity contribution >= 4 is 29.6 Å². The summed E-state index contributed by atoms with van der Waals surface area (Å²) in [5.74, 6) is 0. The highest BCUT2D eigenvalue weighted by Gasteiger charge is 2.08. The van der Waals surface area contributed by atoms with Crippen molar-refractivity contribution in [2.45, 2.75) is 27.2 Å². The SMILES string of the molecule is CCN(C)C=Nc1cc(C)c(Cc2nc(C=O)cs2)cc1C. The molecule has 0 aliphatic rings. The Morgan fingerprint density at radius 2 is 2.09 bits per heavy atom. The summed E-state index contributed by atoms with van der Waals surface area (Å²) in [6.07, 6.45) is 3.41. The van der Waals surface area contributed by atoms with Crippen LogP contribution in [-0.2, 0) is 6.42 Å². The molecule has 5 heteroatoms. The Morgan fingerprint density at radius 3 is 2.73 bits per heavy atom. The molecule has 0 amide bonds. The molecule has 0 N–H and O–H groups in total. The molecule has 0 unspecified atom stereocenters. The van der Waals surface area contributed by atoms with E-state index in [1.54, 1.807) is 5.38 Å². The largest absolute Gasteiger partial charge is 0.366 e. The molecule has 0 atom stereocenters. The normalized spacial score (nSPS) is 11.1. The number of aldehydes is 1. The molecular weight excluding hydrogens is 294 g/mol. The lowest BCUT2D eigenvalue weighted by Crippen LogP contribution is -2.14. The summed E-state index contributed by atoms with van der Waals surface area (Å²) in [5, 5.41) is 2.76. The average molecular weight is 315 g/mol. The van der Waals surface area contributed by atoms with Crippen LogP contribution >= 0.6 is 11.3 Å². The molecule has 2 aromatic rings. The lowest BCUT2D eigenvalue weighted by atomic mass is 10.0. The van der Waals surface area contributed by atoms with Gasteiger partial charge in [-0.3, -0.25) is 4.79 Å². The van der Waals surface area contributed by atoms with Crippen LogP contribution in [0.25, 0.3) is 0 Å². The first-order chi connectivity index (χ1) is 10.5. The number of carbonyl (C=O) groups is 1. The number of rotatable bonds is 6. The van der Waals surface area contributed by atoms with Crippen LogP contribution in [0.5, 0.6) is 0 Å². The van der Waals surface area contributed by atoms with Crippen molar-refractivity contribution < 1.29 is 4.79 Å². The van der Waals surface area contributed by atoms with Gasteiger partial charge in [0, 0.05) is 25.4 Å². The Bertz CT molecular complexity index is 691. The van der Waals surface area contributed by atoms with E-state index in [1.165, 1.54) is 22.5 Å². The van der Waals surface area contributed by atoms with E-state index in [-0.39, 0.29) is 0 Å².